The van der Waals surface area contributed by atoms with Gasteiger partial charge in [0.25, 0.3) is 0 Å². The zero-order valence-electron chi connectivity index (χ0n) is 7.93. The largest absolute Gasteiger partial charge is 0.316 e. The van der Waals surface area contributed by atoms with Gasteiger partial charge in [0.05, 0.1) is 0 Å². The Morgan fingerprint density at radius 1 is 1.55 bits per heavy atom. The predicted molar refractivity (Wildman–Crippen MR) is 48.8 cm³/mol. The molecule has 66 valence electrons. The van der Waals surface area contributed by atoms with Gasteiger partial charge in [-0.25, -0.2) is 0 Å². The molecule has 1 N–H and O–H groups in total. The second-order valence-electron chi connectivity index (χ2n) is 3.71. The first kappa shape index (κ1) is 9.01. The zero-order chi connectivity index (χ0) is 8.27. The standard InChI is InChI=1S/C9H20N2/c1-8(10-2)7-11(3)9-5-4-6-9/h8-10H,4-7H2,1-3H3/t8-/m0/s1. The van der Waals surface area contributed by atoms with E-state index in [4.69, 9.17) is 0 Å². The van der Waals surface area contributed by atoms with Crippen molar-refractivity contribution >= 4 is 0 Å². The molecule has 0 saturated heterocycles. The number of hydrogen-bond acceptors (Lipinski definition) is 2. The van der Waals surface area contributed by atoms with Gasteiger partial charge in [0, 0.05) is 18.6 Å². The quantitative estimate of drug-likeness (QED) is 0.655. The van der Waals surface area contributed by atoms with E-state index in [9.17, 15) is 0 Å². The SMILES string of the molecule is CN[C@@H](C)CN(C)C1CCC1. The molecule has 11 heavy (non-hydrogen) atoms. The van der Waals surface area contributed by atoms with Crippen molar-refractivity contribution in [2.24, 2.45) is 0 Å². The van der Waals surface area contributed by atoms with Crippen molar-refractivity contribution in [2.45, 2.75) is 38.3 Å². The Kier molecular flexibility index (Phi) is 3.34. The fourth-order valence-corrected chi connectivity index (χ4v) is 1.50. The van der Waals surface area contributed by atoms with E-state index in [1.807, 2.05) is 7.05 Å². The van der Waals surface area contributed by atoms with Gasteiger partial charge in [-0.3, -0.25) is 0 Å². The highest BCUT2D eigenvalue weighted by molar-refractivity contribution is 4.79. The summed E-state index contributed by atoms with van der Waals surface area (Å²) in [5.41, 5.74) is 0. The second-order valence-corrected chi connectivity index (χ2v) is 3.71. The van der Waals surface area contributed by atoms with Crippen LogP contribution in [0.2, 0.25) is 0 Å². The summed E-state index contributed by atoms with van der Waals surface area (Å²) in [4.78, 5) is 2.48. The van der Waals surface area contributed by atoms with Crippen LogP contribution < -0.4 is 5.32 Å². The molecule has 0 heterocycles. The first-order valence-electron chi connectivity index (χ1n) is 4.61. The minimum absolute atomic E-state index is 0.626. The molecule has 1 aliphatic rings. The maximum absolute atomic E-state index is 3.26. The summed E-state index contributed by atoms with van der Waals surface area (Å²) < 4.78 is 0. The molecule has 0 bridgehead atoms. The van der Waals surface area contributed by atoms with Crippen LogP contribution in [0.25, 0.3) is 0 Å². The molecule has 2 heteroatoms. The molecule has 0 amide bonds. The smallest absolute Gasteiger partial charge is 0.0163 e. The molecular weight excluding hydrogens is 136 g/mol. The molecule has 2 nitrogen and oxygen atoms in total. The topological polar surface area (TPSA) is 15.3 Å². The van der Waals surface area contributed by atoms with Crippen LogP contribution in [0.3, 0.4) is 0 Å². The Morgan fingerprint density at radius 3 is 2.55 bits per heavy atom. The minimum atomic E-state index is 0.626. The van der Waals surface area contributed by atoms with E-state index in [1.54, 1.807) is 0 Å². The van der Waals surface area contributed by atoms with Crippen LogP contribution in [0.15, 0.2) is 0 Å². The number of nitrogens with zero attached hydrogens (tertiary/aromatic N) is 1. The summed E-state index contributed by atoms with van der Waals surface area (Å²) in [6.07, 6.45) is 4.25. The fourth-order valence-electron chi connectivity index (χ4n) is 1.50. The summed E-state index contributed by atoms with van der Waals surface area (Å²) in [7, 11) is 4.26. The van der Waals surface area contributed by atoms with E-state index in [-0.39, 0.29) is 0 Å². The molecule has 0 aliphatic heterocycles. The lowest BCUT2D eigenvalue weighted by Crippen LogP contribution is -2.43. The number of nitrogens with one attached hydrogen (secondary N) is 1. The molecule has 0 aromatic heterocycles. The summed E-state index contributed by atoms with van der Waals surface area (Å²) in [6, 6.07) is 1.51. The third-order valence-electron chi connectivity index (χ3n) is 2.75. The lowest BCUT2D eigenvalue weighted by Gasteiger charge is -2.36. The van der Waals surface area contributed by atoms with Gasteiger partial charge in [-0.05, 0) is 33.9 Å². The van der Waals surface area contributed by atoms with E-state index in [1.165, 1.54) is 25.8 Å². The molecule has 1 fully saturated rings. The van der Waals surface area contributed by atoms with Crippen molar-refractivity contribution in [1.82, 2.24) is 10.2 Å². The summed E-state index contributed by atoms with van der Waals surface area (Å²) in [5.74, 6) is 0. The van der Waals surface area contributed by atoms with Crippen molar-refractivity contribution < 1.29 is 0 Å². The lowest BCUT2D eigenvalue weighted by molar-refractivity contribution is 0.149. The second kappa shape index (κ2) is 4.07. The maximum Gasteiger partial charge on any atom is 0.0163 e. The lowest BCUT2D eigenvalue weighted by atomic mass is 9.92. The molecule has 0 unspecified atom stereocenters. The molecule has 0 radical (unpaired) electrons. The number of rotatable bonds is 4. The molecular formula is C9H20N2. The van der Waals surface area contributed by atoms with E-state index in [0.717, 1.165) is 6.04 Å². The van der Waals surface area contributed by atoms with Gasteiger partial charge in [0.1, 0.15) is 0 Å². The van der Waals surface area contributed by atoms with Crippen LogP contribution >= 0.6 is 0 Å². The van der Waals surface area contributed by atoms with E-state index >= 15 is 0 Å². The van der Waals surface area contributed by atoms with Gasteiger partial charge >= 0.3 is 0 Å². The first-order chi connectivity index (χ1) is 5.24. The van der Waals surface area contributed by atoms with Gasteiger partial charge in [-0.1, -0.05) is 6.42 Å². The van der Waals surface area contributed by atoms with Gasteiger partial charge in [0.2, 0.25) is 0 Å². The highest BCUT2D eigenvalue weighted by Crippen LogP contribution is 2.23. The highest BCUT2D eigenvalue weighted by atomic mass is 15.2. The molecule has 0 spiro atoms. The highest BCUT2D eigenvalue weighted by Gasteiger charge is 2.22. The molecule has 1 atom stereocenters. The average Bonchev–Trinajstić information content (AvgIpc) is 1.83. The van der Waals surface area contributed by atoms with Gasteiger partial charge in [-0.15, -0.1) is 0 Å². The van der Waals surface area contributed by atoms with Gasteiger partial charge in [0.15, 0.2) is 0 Å². The van der Waals surface area contributed by atoms with Crippen LogP contribution in [0.5, 0.6) is 0 Å². The average molecular weight is 156 g/mol. The van der Waals surface area contributed by atoms with Crippen LogP contribution in [-0.4, -0.2) is 37.6 Å². The van der Waals surface area contributed by atoms with E-state index in [2.05, 4.69) is 24.2 Å². The maximum atomic E-state index is 3.26. The summed E-state index contributed by atoms with van der Waals surface area (Å²) in [6.45, 7) is 3.41. The van der Waals surface area contributed by atoms with Crippen LogP contribution in [0.4, 0.5) is 0 Å². The third kappa shape index (κ3) is 2.46. The van der Waals surface area contributed by atoms with Crippen molar-refractivity contribution in [2.75, 3.05) is 20.6 Å². The zero-order valence-corrected chi connectivity index (χ0v) is 7.93. The van der Waals surface area contributed by atoms with Gasteiger partial charge in [-0.2, -0.15) is 0 Å². The van der Waals surface area contributed by atoms with E-state index < -0.39 is 0 Å². The van der Waals surface area contributed by atoms with Crippen LogP contribution in [-0.2, 0) is 0 Å². The summed E-state index contributed by atoms with van der Waals surface area (Å²) >= 11 is 0. The minimum Gasteiger partial charge on any atom is -0.316 e. The fraction of sp³-hybridized carbons (Fsp3) is 1.00. The van der Waals surface area contributed by atoms with Crippen LogP contribution in [0, 0.1) is 0 Å². The van der Waals surface area contributed by atoms with Crippen molar-refractivity contribution in [1.29, 1.82) is 0 Å². The Balaban J connectivity index is 2.13. The Labute approximate surface area is 70.0 Å². The Hall–Kier alpha value is -0.0800. The number of hydrogen-bond donors (Lipinski definition) is 1. The van der Waals surface area contributed by atoms with Gasteiger partial charge < -0.3 is 10.2 Å². The van der Waals surface area contributed by atoms with Crippen molar-refractivity contribution in [3.8, 4) is 0 Å². The molecule has 0 aromatic carbocycles. The molecule has 1 saturated carbocycles. The molecule has 1 aliphatic carbocycles. The Bertz CT molecular complexity index is 110. The van der Waals surface area contributed by atoms with E-state index in [0.29, 0.717) is 6.04 Å². The van der Waals surface area contributed by atoms with Crippen molar-refractivity contribution in [3.63, 3.8) is 0 Å². The number of likely N-dealkylation sites (N-methyl/N-ethyl adjacent to an activating group) is 2. The summed E-state index contributed by atoms with van der Waals surface area (Å²) in [5, 5.41) is 3.26. The predicted octanol–water partition coefficient (Wildman–Crippen LogP) is 1.08. The first-order valence-corrected chi connectivity index (χ1v) is 4.61. The van der Waals surface area contributed by atoms with Crippen molar-refractivity contribution in [3.05, 3.63) is 0 Å². The van der Waals surface area contributed by atoms with Crippen LogP contribution in [0.1, 0.15) is 26.2 Å². The third-order valence-corrected chi connectivity index (χ3v) is 2.75. The normalized spacial score (nSPS) is 21.8. The molecule has 1 rings (SSSR count). The Morgan fingerprint density at radius 2 is 2.18 bits per heavy atom. The molecule has 0 aromatic rings. The monoisotopic (exact) mass is 156 g/mol.